The molecule has 0 fully saturated rings. The van der Waals surface area contributed by atoms with Gasteiger partial charge in [-0.3, -0.25) is 0 Å². The number of thiol groups is 1. The van der Waals surface area contributed by atoms with E-state index in [1.54, 1.807) is 42.5 Å². The Bertz CT molecular complexity index is 1140. The van der Waals surface area contributed by atoms with Crippen molar-refractivity contribution < 1.29 is 19.2 Å². The molecule has 0 aliphatic heterocycles. The third-order valence-electron chi connectivity index (χ3n) is 3.94. The van der Waals surface area contributed by atoms with Gasteiger partial charge in [0, 0.05) is 16.5 Å². The highest BCUT2D eigenvalue weighted by Gasteiger charge is 2.12. The van der Waals surface area contributed by atoms with Crippen LogP contribution in [0.5, 0.6) is 5.75 Å². The SMILES string of the molecule is COc1cc(Cl)ccc1-c1ncnc(Nc2cccc(C[SH](C)(O)=NC(=O)O)c2)n1. The molecule has 2 aromatic carbocycles. The number of halogens is 1. The predicted octanol–water partition coefficient (Wildman–Crippen LogP) is 4.29. The van der Waals surface area contributed by atoms with Gasteiger partial charge in [-0.2, -0.15) is 9.35 Å². The Kier molecular flexibility index (Phi) is 6.60. The summed E-state index contributed by atoms with van der Waals surface area (Å²) >= 11 is 6.01. The number of ether oxygens (including phenoxy) is 1. The predicted molar refractivity (Wildman–Crippen MR) is 118 cm³/mol. The van der Waals surface area contributed by atoms with Crippen molar-refractivity contribution in [3.63, 3.8) is 0 Å². The Balaban J connectivity index is 1.85. The molecule has 0 aliphatic carbocycles. The molecule has 0 saturated heterocycles. The van der Waals surface area contributed by atoms with Crippen LogP contribution in [0.1, 0.15) is 5.56 Å². The number of nitrogens with one attached hydrogen (secondary N) is 1. The van der Waals surface area contributed by atoms with Crippen LogP contribution in [0.25, 0.3) is 11.4 Å². The summed E-state index contributed by atoms with van der Waals surface area (Å²) in [6.07, 6.45) is 1.45. The first kappa shape index (κ1) is 21.6. The fraction of sp³-hybridized carbons (Fsp3) is 0.158. The number of aromatic nitrogens is 3. The Morgan fingerprint density at radius 2 is 2.07 bits per heavy atom. The summed E-state index contributed by atoms with van der Waals surface area (Å²) in [7, 11) is -1.42. The monoisotopic (exact) mass is 449 g/mol. The Morgan fingerprint density at radius 3 is 2.80 bits per heavy atom. The number of carbonyl (C=O) groups is 1. The van der Waals surface area contributed by atoms with Crippen molar-refractivity contribution >= 4 is 39.4 Å². The van der Waals surface area contributed by atoms with E-state index in [0.29, 0.717) is 33.8 Å². The van der Waals surface area contributed by atoms with Crippen molar-refractivity contribution in [2.75, 3.05) is 18.7 Å². The van der Waals surface area contributed by atoms with Crippen LogP contribution in [0.15, 0.2) is 53.2 Å². The normalized spacial score (nSPS) is 11.6. The number of rotatable bonds is 6. The first-order valence-corrected chi connectivity index (χ1v) is 11.4. The van der Waals surface area contributed by atoms with Gasteiger partial charge >= 0.3 is 6.09 Å². The molecule has 0 radical (unpaired) electrons. The number of amides is 1. The number of anilines is 2. The summed E-state index contributed by atoms with van der Waals surface area (Å²) < 4.78 is 19.0. The number of nitrogens with zero attached hydrogens (tertiary/aromatic N) is 4. The van der Waals surface area contributed by atoms with Gasteiger partial charge in [-0.05, 0) is 42.2 Å². The highest BCUT2D eigenvalue weighted by atomic mass is 35.5. The number of hydrogen-bond acceptors (Lipinski definition) is 6. The second-order valence-electron chi connectivity index (χ2n) is 6.43. The molecule has 1 heterocycles. The number of methoxy groups -OCH3 is 1. The molecule has 3 rings (SSSR count). The topological polar surface area (TPSA) is 130 Å². The van der Waals surface area contributed by atoms with Crippen LogP contribution < -0.4 is 10.1 Å². The molecular formula is C19H20ClN5O4S. The minimum absolute atomic E-state index is 0.138. The van der Waals surface area contributed by atoms with Gasteiger partial charge in [-0.15, -0.1) is 0 Å². The van der Waals surface area contributed by atoms with Gasteiger partial charge in [0.2, 0.25) is 5.95 Å². The zero-order valence-electron chi connectivity index (χ0n) is 16.2. The molecule has 11 heteroatoms. The molecule has 0 spiro atoms. The van der Waals surface area contributed by atoms with E-state index in [-0.39, 0.29) is 5.75 Å². The van der Waals surface area contributed by atoms with E-state index in [4.69, 9.17) is 21.4 Å². The molecule has 3 aromatic rings. The molecule has 3 N–H and O–H groups in total. The second-order valence-corrected chi connectivity index (χ2v) is 9.56. The molecule has 0 aliphatic rings. The molecule has 0 bridgehead atoms. The van der Waals surface area contributed by atoms with Crippen molar-refractivity contribution in [1.29, 1.82) is 0 Å². The second kappa shape index (κ2) is 9.16. The average Bonchev–Trinajstić information content (AvgIpc) is 2.67. The van der Waals surface area contributed by atoms with E-state index in [1.165, 1.54) is 19.7 Å². The van der Waals surface area contributed by atoms with Crippen LogP contribution in [0, 0.1) is 0 Å². The minimum atomic E-state index is -2.95. The third kappa shape index (κ3) is 5.72. The van der Waals surface area contributed by atoms with Crippen molar-refractivity contribution in [3.05, 3.63) is 59.4 Å². The summed E-state index contributed by atoms with van der Waals surface area (Å²) in [4.78, 5) is 23.5. The van der Waals surface area contributed by atoms with Gasteiger partial charge in [-0.25, -0.2) is 14.8 Å². The van der Waals surface area contributed by atoms with Gasteiger partial charge in [-0.1, -0.05) is 33.8 Å². The molecule has 30 heavy (non-hydrogen) atoms. The van der Waals surface area contributed by atoms with Crippen LogP contribution in [0.3, 0.4) is 0 Å². The number of benzene rings is 2. The highest BCUT2D eigenvalue weighted by molar-refractivity contribution is 7.98. The largest absolute Gasteiger partial charge is 0.496 e. The lowest BCUT2D eigenvalue weighted by Gasteiger charge is -2.17. The maximum atomic E-state index is 10.8. The number of carboxylic acid groups (broad SMARTS) is 1. The first-order valence-electron chi connectivity index (χ1n) is 8.69. The van der Waals surface area contributed by atoms with Gasteiger partial charge in [0.15, 0.2) is 5.82 Å². The molecule has 158 valence electrons. The minimum Gasteiger partial charge on any atom is -0.496 e. The lowest BCUT2D eigenvalue weighted by atomic mass is 10.2. The summed E-state index contributed by atoms with van der Waals surface area (Å²) in [5.74, 6) is 1.39. The standard InChI is InChI=1S/C19H20ClN5O4S/c1-29-16-9-13(20)6-7-15(16)17-21-11-22-18(24-17)23-14-5-3-4-12(8-14)10-30(2,28)25-19(26)27/h3-9,11,30H,10H2,1-2H3,(H,25,28)(H,26,27)(H,21,22,23,24). The molecule has 0 saturated carbocycles. The van der Waals surface area contributed by atoms with E-state index in [0.717, 1.165) is 5.56 Å². The Hall–Kier alpha value is -3.08. The van der Waals surface area contributed by atoms with Crippen molar-refractivity contribution in [2.24, 2.45) is 4.36 Å². The van der Waals surface area contributed by atoms with E-state index >= 15 is 0 Å². The molecule has 0 atom stereocenters. The van der Waals surface area contributed by atoms with E-state index in [2.05, 4.69) is 24.6 Å². The third-order valence-corrected chi connectivity index (χ3v) is 5.74. The lowest BCUT2D eigenvalue weighted by molar-refractivity contribution is 0.206. The maximum Gasteiger partial charge on any atom is 0.437 e. The Morgan fingerprint density at radius 1 is 1.27 bits per heavy atom. The average molecular weight is 450 g/mol. The van der Waals surface area contributed by atoms with Gasteiger partial charge in [0.25, 0.3) is 0 Å². The van der Waals surface area contributed by atoms with Crippen LogP contribution >= 0.6 is 11.6 Å². The highest BCUT2D eigenvalue weighted by Crippen LogP contribution is 2.30. The van der Waals surface area contributed by atoms with Gasteiger partial charge in [0.05, 0.1) is 12.7 Å². The molecule has 1 aromatic heterocycles. The summed E-state index contributed by atoms with van der Waals surface area (Å²) in [5, 5.41) is 12.4. The van der Waals surface area contributed by atoms with Crippen molar-refractivity contribution in [1.82, 2.24) is 15.0 Å². The van der Waals surface area contributed by atoms with E-state index in [1.807, 2.05) is 0 Å². The quantitative estimate of drug-likeness (QED) is 0.410. The van der Waals surface area contributed by atoms with Crippen molar-refractivity contribution in [2.45, 2.75) is 5.75 Å². The smallest absolute Gasteiger partial charge is 0.437 e. The fourth-order valence-corrected chi connectivity index (χ4v) is 4.27. The lowest BCUT2D eigenvalue weighted by Crippen LogP contribution is -2.13. The van der Waals surface area contributed by atoms with E-state index < -0.39 is 16.2 Å². The first-order chi connectivity index (χ1) is 14.3. The van der Waals surface area contributed by atoms with Gasteiger partial charge in [0.1, 0.15) is 12.1 Å². The Labute approximate surface area is 179 Å². The number of hydrogen-bond donors (Lipinski definition) is 4. The van der Waals surface area contributed by atoms with Crippen LogP contribution in [-0.4, -0.2) is 44.1 Å². The van der Waals surface area contributed by atoms with Crippen LogP contribution in [0.4, 0.5) is 16.4 Å². The summed E-state index contributed by atoms with van der Waals surface area (Å²) in [6, 6.07) is 12.3. The van der Waals surface area contributed by atoms with E-state index in [9.17, 15) is 9.35 Å². The molecule has 0 unspecified atom stereocenters. The molecule has 1 amide bonds. The zero-order valence-corrected chi connectivity index (χ0v) is 17.8. The van der Waals surface area contributed by atoms with Crippen LogP contribution in [-0.2, 0) is 15.9 Å². The fourth-order valence-electron chi connectivity index (χ4n) is 2.78. The molecule has 9 nitrogen and oxygen atoms in total. The summed E-state index contributed by atoms with van der Waals surface area (Å²) in [6.45, 7) is 0. The van der Waals surface area contributed by atoms with Crippen molar-refractivity contribution in [3.8, 4) is 17.1 Å². The molecular weight excluding hydrogens is 430 g/mol. The van der Waals surface area contributed by atoms with Crippen LogP contribution in [0.2, 0.25) is 5.02 Å². The maximum absolute atomic E-state index is 10.8. The summed E-state index contributed by atoms with van der Waals surface area (Å²) in [5.41, 5.74) is 2.07. The van der Waals surface area contributed by atoms with Gasteiger partial charge < -0.3 is 19.7 Å². The zero-order chi connectivity index (χ0) is 21.7.